The Morgan fingerprint density at radius 1 is 1.20 bits per heavy atom. The molecule has 140 valence electrons. The highest BCUT2D eigenvalue weighted by Gasteiger charge is 2.29. The van der Waals surface area contributed by atoms with E-state index < -0.39 is 31.4 Å². The number of carboxylic acids is 2. The molecule has 1 rings (SSSR count). The Bertz CT molecular complexity index is 667. The van der Waals surface area contributed by atoms with Crippen LogP contribution in [0.15, 0.2) is 24.3 Å². The van der Waals surface area contributed by atoms with Crippen LogP contribution in [0, 0.1) is 5.92 Å². The van der Waals surface area contributed by atoms with Crippen LogP contribution in [0.5, 0.6) is 0 Å². The molecule has 0 heterocycles. The van der Waals surface area contributed by atoms with Crippen LogP contribution in [0.3, 0.4) is 0 Å². The molecule has 0 saturated heterocycles. The lowest BCUT2D eigenvalue weighted by molar-refractivity contribution is -0.142. The molecule has 0 saturated carbocycles. The number of para-hydroxylation sites is 1. The summed E-state index contributed by atoms with van der Waals surface area (Å²) in [7, 11) is -3.78. The van der Waals surface area contributed by atoms with Gasteiger partial charge in [0.2, 0.25) is 7.37 Å². The summed E-state index contributed by atoms with van der Waals surface area (Å²) < 4.78 is 12.4. The third-order valence-corrected chi connectivity index (χ3v) is 5.48. The van der Waals surface area contributed by atoms with Crippen molar-refractivity contribution < 1.29 is 29.3 Å². The van der Waals surface area contributed by atoms with E-state index in [0.29, 0.717) is 0 Å². The lowest BCUT2D eigenvalue weighted by Crippen LogP contribution is -2.22. The molecule has 0 spiro atoms. The number of benzene rings is 1. The second-order valence-electron chi connectivity index (χ2n) is 7.13. The lowest BCUT2D eigenvalue weighted by atomic mass is 9.86. The van der Waals surface area contributed by atoms with Crippen LogP contribution in [-0.2, 0) is 19.6 Å². The van der Waals surface area contributed by atoms with E-state index in [1.807, 2.05) is 39.0 Å². The topological polar surface area (TPSA) is 124 Å². The Kier molecular flexibility index (Phi) is 7.20. The van der Waals surface area contributed by atoms with Crippen LogP contribution in [0.25, 0.3) is 0 Å². The number of hydrogen-bond acceptors (Lipinski definition) is 4. The standard InChI is InChI=1S/C17H26NO6P/c1-17(2,3)13-6-4-5-7-14(13)18-11-25(23,24)10-12(16(21)22)8-9-15(19)20/h4-7,12,18H,8-11H2,1-3H3,(H,19,20)(H,21,22)(H,23,24). The van der Waals surface area contributed by atoms with Crippen LogP contribution < -0.4 is 5.32 Å². The van der Waals surface area contributed by atoms with Gasteiger partial charge in [0.05, 0.1) is 12.2 Å². The fraction of sp³-hybridized carbons (Fsp3) is 0.529. The van der Waals surface area contributed by atoms with Gasteiger partial charge in [-0.3, -0.25) is 14.2 Å². The molecule has 1 aromatic rings. The number of hydrogen-bond donors (Lipinski definition) is 4. The number of anilines is 1. The van der Waals surface area contributed by atoms with Crippen LogP contribution in [0.2, 0.25) is 0 Å². The molecule has 2 unspecified atom stereocenters. The molecule has 1 aromatic carbocycles. The molecule has 0 bridgehead atoms. The summed E-state index contributed by atoms with van der Waals surface area (Å²) in [5.74, 6) is -3.55. The summed E-state index contributed by atoms with van der Waals surface area (Å²) in [4.78, 5) is 31.9. The number of carboxylic acid groups (broad SMARTS) is 2. The third kappa shape index (κ3) is 7.28. The van der Waals surface area contributed by atoms with E-state index in [-0.39, 0.29) is 24.5 Å². The van der Waals surface area contributed by atoms with Gasteiger partial charge < -0.3 is 20.4 Å². The van der Waals surface area contributed by atoms with Crippen LogP contribution in [-0.4, -0.2) is 39.5 Å². The maximum Gasteiger partial charge on any atom is 0.307 e. The Balaban J connectivity index is 2.80. The molecule has 2 atom stereocenters. The zero-order valence-corrected chi connectivity index (χ0v) is 15.6. The number of nitrogens with one attached hydrogen (secondary N) is 1. The van der Waals surface area contributed by atoms with Gasteiger partial charge in [-0.15, -0.1) is 0 Å². The van der Waals surface area contributed by atoms with Gasteiger partial charge in [0.15, 0.2) is 0 Å². The van der Waals surface area contributed by atoms with Gasteiger partial charge in [0.1, 0.15) is 0 Å². The first-order valence-electron chi connectivity index (χ1n) is 8.01. The highest BCUT2D eigenvalue weighted by atomic mass is 31.2. The summed E-state index contributed by atoms with van der Waals surface area (Å²) in [6, 6.07) is 7.43. The SMILES string of the molecule is CC(C)(C)c1ccccc1NCP(=O)(O)CC(CCC(=O)O)C(=O)O. The molecule has 4 N–H and O–H groups in total. The predicted octanol–water partition coefficient (Wildman–Crippen LogP) is 3.19. The minimum atomic E-state index is -3.78. The fourth-order valence-corrected chi connectivity index (χ4v) is 4.07. The molecule has 8 heteroatoms. The fourth-order valence-electron chi connectivity index (χ4n) is 2.50. The predicted molar refractivity (Wildman–Crippen MR) is 96.3 cm³/mol. The molecular formula is C17H26NO6P. The minimum Gasteiger partial charge on any atom is -0.481 e. The number of aliphatic carboxylic acids is 2. The summed E-state index contributed by atoms with van der Waals surface area (Å²) >= 11 is 0. The van der Waals surface area contributed by atoms with Gasteiger partial charge in [-0.25, -0.2) is 0 Å². The molecule has 7 nitrogen and oxygen atoms in total. The molecule has 0 radical (unpaired) electrons. The molecular weight excluding hydrogens is 345 g/mol. The zero-order chi connectivity index (χ0) is 19.3. The van der Waals surface area contributed by atoms with E-state index in [4.69, 9.17) is 10.2 Å². The Labute approximate surface area is 147 Å². The number of rotatable bonds is 9. The van der Waals surface area contributed by atoms with Crippen LogP contribution >= 0.6 is 7.37 Å². The van der Waals surface area contributed by atoms with Gasteiger partial charge in [-0.05, 0) is 23.5 Å². The van der Waals surface area contributed by atoms with Gasteiger partial charge in [-0.2, -0.15) is 0 Å². The molecule has 0 aromatic heterocycles. The largest absolute Gasteiger partial charge is 0.481 e. The Morgan fingerprint density at radius 3 is 2.32 bits per heavy atom. The summed E-state index contributed by atoms with van der Waals surface area (Å²) in [5, 5.41) is 20.8. The smallest absolute Gasteiger partial charge is 0.307 e. The maximum absolute atomic E-state index is 12.4. The Morgan fingerprint density at radius 2 is 1.80 bits per heavy atom. The van der Waals surface area contributed by atoms with Crippen molar-refractivity contribution >= 4 is 25.0 Å². The average molecular weight is 371 g/mol. The Hall–Kier alpha value is -1.85. The lowest BCUT2D eigenvalue weighted by Gasteiger charge is -2.24. The first-order chi connectivity index (χ1) is 11.4. The van der Waals surface area contributed by atoms with Gasteiger partial charge >= 0.3 is 11.9 Å². The normalized spacial score (nSPS) is 15.2. The first kappa shape index (κ1) is 21.2. The molecule has 0 aliphatic heterocycles. The monoisotopic (exact) mass is 371 g/mol. The van der Waals surface area contributed by atoms with Crippen molar-refractivity contribution in [1.29, 1.82) is 0 Å². The second kappa shape index (κ2) is 8.50. The van der Waals surface area contributed by atoms with E-state index in [1.54, 1.807) is 6.07 Å². The summed E-state index contributed by atoms with van der Waals surface area (Å²) in [5.41, 5.74) is 1.55. The molecule has 0 amide bonds. The van der Waals surface area contributed by atoms with Gasteiger partial charge in [-0.1, -0.05) is 39.0 Å². The quantitative estimate of drug-likeness (QED) is 0.491. The van der Waals surface area contributed by atoms with E-state index >= 15 is 0 Å². The van der Waals surface area contributed by atoms with Crippen molar-refractivity contribution in [1.82, 2.24) is 0 Å². The van der Waals surface area contributed by atoms with E-state index in [9.17, 15) is 19.0 Å². The third-order valence-electron chi connectivity index (χ3n) is 3.81. The first-order valence-corrected chi connectivity index (χ1v) is 10.0. The maximum atomic E-state index is 12.4. The minimum absolute atomic E-state index is 0.159. The van der Waals surface area contributed by atoms with Crippen molar-refractivity contribution in [3.8, 4) is 0 Å². The van der Waals surface area contributed by atoms with Gasteiger partial charge in [0.25, 0.3) is 0 Å². The summed E-state index contributed by atoms with van der Waals surface area (Å²) in [6.45, 7) is 6.08. The average Bonchev–Trinajstić information content (AvgIpc) is 2.48. The summed E-state index contributed by atoms with van der Waals surface area (Å²) in [6.07, 6.45) is -1.25. The molecule has 0 aliphatic carbocycles. The highest BCUT2D eigenvalue weighted by molar-refractivity contribution is 7.58. The second-order valence-corrected chi connectivity index (χ2v) is 9.50. The highest BCUT2D eigenvalue weighted by Crippen LogP contribution is 2.43. The van der Waals surface area contributed by atoms with E-state index in [1.165, 1.54) is 0 Å². The molecule has 0 fully saturated rings. The van der Waals surface area contributed by atoms with E-state index in [2.05, 4.69) is 5.32 Å². The van der Waals surface area contributed by atoms with Crippen LogP contribution in [0.4, 0.5) is 5.69 Å². The van der Waals surface area contributed by atoms with Crippen molar-refractivity contribution in [2.75, 3.05) is 17.8 Å². The molecule has 0 aliphatic rings. The zero-order valence-electron chi connectivity index (χ0n) is 14.7. The van der Waals surface area contributed by atoms with Crippen molar-refractivity contribution in [2.45, 2.75) is 39.0 Å². The van der Waals surface area contributed by atoms with Crippen molar-refractivity contribution in [3.63, 3.8) is 0 Å². The van der Waals surface area contributed by atoms with Crippen molar-refractivity contribution in [2.24, 2.45) is 5.92 Å². The van der Waals surface area contributed by atoms with E-state index in [0.717, 1.165) is 11.3 Å². The van der Waals surface area contributed by atoms with Gasteiger partial charge in [0, 0.05) is 18.3 Å². The number of carbonyl (C=O) groups is 2. The molecule has 25 heavy (non-hydrogen) atoms. The van der Waals surface area contributed by atoms with Crippen LogP contribution in [0.1, 0.15) is 39.2 Å². The van der Waals surface area contributed by atoms with Crippen molar-refractivity contribution in [3.05, 3.63) is 29.8 Å².